The number of halogens is 1. The topological polar surface area (TPSA) is 76.9 Å². The molecule has 32 heavy (non-hydrogen) atoms. The van der Waals surface area contributed by atoms with E-state index in [1.54, 1.807) is 4.57 Å². The molecule has 0 unspecified atom stereocenters. The molecule has 9 heteroatoms. The van der Waals surface area contributed by atoms with E-state index >= 15 is 0 Å². The summed E-state index contributed by atoms with van der Waals surface area (Å²) in [6, 6.07) is 17.2. The van der Waals surface area contributed by atoms with Gasteiger partial charge in [0.05, 0.1) is 5.75 Å². The Hall–Kier alpha value is -2.68. The third kappa shape index (κ3) is 5.03. The quantitative estimate of drug-likeness (QED) is 0.291. The van der Waals surface area contributed by atoms with Crippen LogP contribution in [0.15, 0.2) is 64.5 Å². The van der Waals surface area contributed by atoms with Crippen molar-refractivity contribution >= 4 is 51.0 Å². The van der Waals surface area contributed by atoms with Crippen LogP contribution in [0.4, 0.5) is 0 Å². The standard InChI is InChI=1S/C23H21ClN4O2S2/c1-2-28-22(30)21-20(19(27-32-21)16-6-4-3-5-7-16)26-23(28)31-14-18(29)25-13-12-15-8-10-17(24)11-9-15/h3-11H,2,12-14H2,1H3,(H,25,29). The molecule has 2 aromatic heterocycles. The molecule has 2 aromatic carbocycles. The lowest BCUT2D eigenvalue weighted by Gasteiger charge is -2.10. The number of nitrogens with one attached hydrogen (secondary N) is 1. The van der Waals surface area contributed by atoms with Crippen LogP contribution >= 0.6 is 34.9 Å². The van der Waals surface area contributed by atoms with E-state index < -0.39 is 0 Å². The Bertz CT molecular complexity index is 1290. The summed E-state index contributed by atoms with van der Waals surface area (Å²) >= 11 is 8.33. The van der Waals surface area contributed by atoms with Crippen LogP contribution in [0.5, 0.6) is 0 Å². The number of carbonyl (C=O) groups excluding carboxylic acids is 1. The summed E-state index contributed by atoms with van der Waals surface area (Å²) in [6.07, 6.45) is 0.721. The van der Waals surface area contributed by atoms with Crippen molar-refractivity contribution in [2.75, 3.05) is 12.3 Å². The van der Waals surface area contributed by atoms with Crippen molar-refractivity contribution in [3.05, 3.63) is 75.5 Å². The van der Waals surface area contributed by atoms with Crippen LogP contribution in [0.1, 0.15) is 12.5 Å². The Balaban J connectivity index is 1.47. The Labute approximate surface area is 198 Å². The van der Waals surface area contributed by atoms with Gasteiger partial charge in [-0.15, -0.1) is 0 Å². The normalized spacial score (nSPS) is 11.1. The zero-order valence-corrected chi connectivity index (χ0v) is 19.8. The fourth-order valence-electron chi connectivity index (χ4n) is 3.25. The van der Waals surface area contributed by atoms with E-state index in [0.717, 1.165) is 17.5 Å². The molecular weight excluding hydrogens is 464 g/mol. The number of amides is 1. The minimum atomic E-state index is -0.122. The molecule has 4 rings (SSSR count). The number of fused-ring (bicyclic) bond motifs is 1. The Morgan fingerprint density at radius 3 is 2.62 bits per heavy atom. The highest BCUT2D eigenvalue weighted by atomic mass is 35.5. The minimum absolute atomic E-state index is 0.104. The Kier molecular flexibility index (Phi) is 7.24. The molecule has 164 valence electrons. The third-order valence-corrected chi connectivity index (χ3v) is 6.94. The third-order valence-electron chi connectivity index (χ3n) is 4.89. The van der Waals surface area contributed by atoms with Gasteiger partial charge in [0.1, 0.15) is 15.9 Å². The molecule has 0 fully saturated rings. The predicted octanol–water partition coefficient (Wildman–Crippen LogP) is 4.64. The first-order valence-electron chi connectivity index (χ1n) is 10.2. The summed E-state index contributed by atoms with van der Waals surface area (Å²) in [5.74, 6) is 0.0734. The van der Waals surface area contributed by atoms with E-state index in [0.29, 0.717) is 39.2 Å². The van der Waals surface area contributed by atoms with E-state index in [2.05, 4.69) is 9.69 Å². The van der Waals surface area contributed by atoms with E-state index in [9.17, 15) is 9.59 Å². The lowest BCUT2D eigenvalue weighted by Crippen LogP contribution is -2.28. The molecule has 1 amide bonds. The molecular formula is C23H21ClN4O2S2. The van der Waals surface area contributed by atoms with Crippen LogP contribution in [0.3, 0.4) is 0 Å². The molecule has 0 atom stereocenters. The van der Waals surface area contributed by atoms with Crippen LogP contribution in [0, 0.1) is 0 Å². The van der Waals surface area contributed by atoms with Crippen LogP contribution in [-0.2, 0) is 17.8 Å². The molecule has 0 spiro atoms. The van der Waals surface area contributed by atoms with E-state index in [1.807, 2.05) is 61.5 Å². The number of hydrogen-bond acceptors (Lipinski definition) is 6. The van der Waals surface area contributed by atoms with Gasteiger partial charge in [-0.25, -0.2) is 4.98 Å². The summed E-state index contributed by atoms with van der Waals surface area (Å²) in [6.45, 7) is 2.89. The molecule has 0 aliphatic heterocycles. The zero-order chi connectivity index (χ0) is 22.5. The maximum atomic E-state index is 13.0. The van der Waals surface area contributed by atoms with Crippen LogP contribution < -0.4 is 10.9 Å². The van der Waals surface area contributed by atoms with Gasteiger partial charge in [-0.05, 0) is 42.6 Å². The first kappa shape index (κ1) is 22.5. The second kappa shape index (κ2) is 10.3. The number of hydrogen-bond donors (Lipinski definition) is 1. The van der Waals surface area contributed by atoms with Gasteiger partial charge >= 0.3 is 0 Å². The summed E-state index contributed by atoms with van der Waals surface area (Å²) in [5.41, 5.74) is 3.17. The van der Waals surface area contributed by atoms with Crippen molar-refractivity contribution in [1.82, 2.24) is 19.2 Å². The van der Waals surface area contributed by atoms with Crippen LogP contribution in [0.25, 0.3) is 21.5 Å². The fraction of sp³-hybridized carbons (Fsp3) is 0.217. The monoisotopic (exact) mass is 484 g/mol. The van der Waals surface area contributed by atoms with Crippen molar-refractivity contribution in [3.8, 4) is 11.3 Å². The second-order valence-corrected chi connectivity index (χ2v) is 9.19. The van der Waals surface area contributed by atoms with Gasteiger partial charge in [-0.3, -0.25) is 14.2 Å². The van der Waals surface area contributed by atoms with Gasteiger partial charge < -0.3 is 5.32 Å². The van der Waals surface area contributed by atoms with E-state index in [1.165, 1.54) is 23.3 Å². The number of benzene rings is 2. The maximum Gasteiger partial charge on any atom is 0.273 e. The average molecular weight is 485 g/mol. The minimum Gasteiger partial charge on any atom is -0.355 e. The number of rotatable bonds is 8. The van der Waals surface area contributed by atoms with Gasteiger partial charge in [0.2, 0.25) is 5.91 Å². The predicted molar refractivity (Wildman–Crippen MR) is 132 cm³/mol. The summed E-state index contributed by atoms with van der Waals surface area (Å²) in [7, 11) is 0. The van der Waals surface area contributed by atoms with Gasteiger partial charge in [0.25, 0.3) is 5.56 Å². The molecule has 6 nitrogen and oxygen atoms in total. The molecule has 0 radical (unpaired) electrons. The molecule has 2 heterocycles. The molecule has 4 aromatic rings. The van der Waals surface area contributed by atoms with Gasteiger partial charge in [-0.1, -0.05) is 65.8 Å². The highest BCUT2D eigenvalue weighted by Gasteiger charge is 2.18. The average Bonchev–Trinajstić information content (AvgIpc) is 3.24. The summed E-state index contributed by atoms with van der Waals surface area (Å²) < 4.78 is 6.61. The lowest BCUT2D eigenvalue weighted by atomic mass is 10.1. The fourth-order valence-corrected chi connectivity index (χ4v) is 5.05. The Morgan fingerprint density at radius 2 is 1.91 bits per heavy atom. The molecule has 0 aliphatic rings. The first-order valence-corrected chi connectivity index (χ1v) is 12.3. The largest absolute Gasteiger partial charge is 0.355 e. The van der Waals surface area contributed by atoms with Gasteiger partial charge in [0.15, 0.2) is 5.16 Å². The number of nitrogens with zero attached hydrogens (tertiary/aromatic N) is 3. The van der Waals surface area contributed by atoms with Crippen molar-refractivity contribution < 1.29 is 4.79 Å². The number of thioether (sulfide) groups is 1. The molecule has 0 saturated heterocycles. The lowest BCUT2D eigenvalue weighted by molar-refractivity contribution is -0.118. The van der Waals surface area contributed by atoms with Crippen LogP contribution in [-0.4, -0.2) is 32.1 Å². The summed E-state index contributed by atoms with van der Waals surface area (Å²) in [4.78, 5) is 30.1. The summed E-state index contributed by atoms with van der Waals surface area (Å²) in [5, 5.41) is 4.13. The van der Waals surface area contributed by atoms with Crippen molar-refractivity contribution in [2.45, 2.75) is 25.0 Å². The Morgan fingerprint density at radius 1 is 1.16 bits per heavy atom. The second-order valence-electron chi connectivity index (χ2n) is 7.03. The SMILES string of the molecule is CCn1c(SCC(=O)NCCc2ccc(Cl)cc2)nc2c(-c3ccccc3)nsc2c1=O. The van der Waals surface area contributed by atoms with Crippen LogP contribution in [0.2, 0.25) is 5.02 Å². The van der Waals surface area contributed by atoms with E-state index in [4.69, 9.17) is 16.6 Å². The number of aromatic nitrogens is 3. The highest BCUT2D eigenvalue weighted by Crippen LogP contribution is 2.29. The maximum absolute atomic E-state index is 13.0. The molecule has 1 N–H and O–H groups in total. The smallest absolute Gasteiger partial charge is 0.273 e. The zero-order valence-electron chi connectivity index (χ0n) is 17.4. The first-order chi connectivity index (χ1) is 15.6. The number of carbonyl (C=O) groups is 1. The van der Waals surface area contributed by atoms with Crippen molar-refractivity contribution in [3.63, 3.8) is 0 Å². The van der Waals surface area contributed by atoms with Gasteiger partial charge in [0, 0.05) is 23.7 Å². The van der Waals surface area contributed by atoms with Gasteiger partial charge in [-0.2, -0.15) is 4.37 Å². The van der Waals surface area contributed by atoms with Crippen molar-refractivity contribution in [2.24, 2.45) is 0 Å². The van der Waals surface area contributed by atoms with Crippen molar-refractivity contribution in [1.29, 1.82) is 0 Å². The van der Waals surface area contributed by atoms with E-state index in [-0.39, 0.29) is 17.2 Å². The highest BCUT2D eigenvalue weighted by molar-refractivity contribution is 7.99. The molecule has 0 bridgehead atoms. The molecule has 0 saturated carbocycles. The molecule has 0 aliphatic carbocycles.